The third-order valence-corrected chi connectivity index (χ3v) is 4.90. The van der Waals surface area contributed by atoms with Crippen molar-refractivity contribution in [3.8, 4) is 0 Å². The molecule has 1 aliphatic rings. The predicted octanol–water partition coefficient (Wildman–Crippen LogP) is 2.39. The Labute approximate surface area is 131 Å². The fourth-order valence-corrected chi connectivity index (χ4v) is 3.39. The molecule has 4 heteroatoms. The fourth-order valence-electron chi connectivity index (χ4n) is 3.39. The van der Waals surface area contributed by atoms with E-state index in [0.29, 0.717) is 24.4 Å². The largest absolute Gasteiger partial charge is 0.355 e. The van der Waals surface area contributed by atoms with Gasteiger partial charge in [0.1, 0.15) is 0 Å². The number of rotatable bonds is 9. The maximum Gasteiger partial charge on any atom is 0.220 e. The summed E-state index contributed by atoms with van der Waals surface area (Å²) >= 11 is 0. The fraction of sp³-hybridized carbons (Fsp3) is 0.941. The number of nitrogens with zero attached hydrogens (tertiary/aromatic N) is 1. The van der Waals surface area contributed by atoms with Gasteiger partial charge in [0, 0.05) is 25.0 Å². The molecule has 0 aromatic rings. The van der Waals surface area contributed by atoms with Crippen LogP contribution in [0.25, 0.3) is 0 Å². The summed E-state index contributed by atoms with van der Waals surface area (Å²) in [6.45, 7) is 6.36. The molecule has 1 aliphatic heterocycles. The Hall–Kier alpha value is -0.610. The molecule has 2 unspecified atom stereocenters. The lowest BCUT2D eigenvalue weighted by atomic mass is 9.93. The third kappa shape index (κ3) is 6.79. The molecule has 2 N–H and O–H groups in total. The average Bonchev–Trinajstić information content (AvgIpc) is 2.50. The maximum absolute atomic E-state index is 12.1. The van der Waals surface area contributed by atoms with Crippen LogP contribution in [-0.2, 0) is 4.79 Å². The molecule has 0 bridgehead atoms. The molecule has 0 aliphatic carbocycles. The number of piperidine rings is 1. The zero-order valence-corrected chi connectivity index (χ0v) is 14.5. The molecule has 0 aromatic carbocycles. The first-order valence-electron chi connectivity index (χ1n) is 8.74. The average molecular weight is 297 g/mol. The van der Waals surface area contributed by atoms with Crippen LogP contribution < -0.4 is 10.6 Å². The van der Waals surface area contributed by atoms with Gasteiger partial charge in [0.05, 0.1) is 0 Å². The van der Waals surface area contributed by atoms with E-state index in [-0.39, 0.29) is 5.91 Å². The summed E-state index contributed by atoms with van der Waals surface area (Å²) in [5.41, 5.74) is 0. The smallest absolute Gasteiger partial charge is 0.220 e. The van der Waals surface area contributed by atoms with Crippen molar-refractivity contribution in [3.05, 3.63) is 0 Å². The highest BCUT2D eigenvalue weighted by Crippen LogP contribution is 2.16. The second kappa shape index (κ2) is 10.2. The van der Waals surface area contributed by atoms with Crippen LogP contribution in [0.4, 0.5) is 0 Å². The monoisotopic (exact) mass is 297 g/mol. The lowest BCUT2D eigenvalue weighted by Gasteiger charge is -2.31. The number of carbonyl (C=O) groups excluding carboxylic acids is 1. The summed E-state index contributed by atoms with van der Waals surface area (Å²) < 4.78 is 0. The minimum atomic E-state index is 0.208. The molecule has 1 saturated heterocycles. The zero-order chi connectivity index (χ0) is 15.7. The van der Waals surface area contributed by atoms with Crippen LogP contribution in [0.2, 0.25) is 0 Å². The van der Waals surface area contributed by atoms with E-state index in [1.165, 1.54) is 32.1 Å². The highest BCUT2D eigenvalue weighted by molar-refractivity contribution is 5.75. The lowest BCUT2D eigenvalue weighted by molar-refractivity contribution is -0.121. The van der Waals surface area contributed by atoms with Gasteiger partial charge in [-0.05, 0) is 45.8 Å². The summed E-state index contributed by atoms with van der Waals surface area (Å²) in [4.78, 5) is 14.3. The van der Waals surface area contributed by atoms with Gasteiger partial charge in [-0.3, -0.25) is 4.79 Å². The molecule has 0 saturated carbocycles. The zero-order valence-electron chi connectivity index (χ0n) is 14.5. The van der Waals surface area contributed by atoms with E-state index in [0.717, 1.165) is 19.5 Å². The van der Waals surface area contributed by atoms with Crippen molar-refractivity contribution in [1.82, 2.24) is 15.5 Å². The Morgan fingerprint density at radius 2 is 2.00 bits per heavy atom. The lowest BCUT2D eigenvalue weighted by Crippen LogP contribution is -2.45. The second-order valence-electron chi connectivity index (χ2n) is 6.60. The molecule has 1 rings (SSSR count). The molecule has 1 amide bonds. The summed E-state index contributed by atoms with van der Waals surface area (Å²) in [5, 5.41) is 6.65. The molecule has 0 spiro atoms. The molecule has 1 heterocycles. The SMILES string of the molecule is CCC(CC)C(CNC(=O)CCC1CCCCN1)N(C)C. The van der Waals surface area contributed by atoms with Gasteiger partial charge >= 0.3 is 0 Å². The standard InChI is InChI=1S/C17H35N3O/c1-5-14(6-2)16(20(3)4)13-19-17(21)11-10-15-9-7-8-12-18-15/h14-16,18H,5-13H2,1-4H3,(H,19,21). The van der Waals surface area contributed by atoms with Gasteiger partial charge in [0.25, 0.3) is 0 Å². The van der Waals surface area contributed by atoms with E-state index in [1.807, 2.05) is 0 Å². The minimum absolute atomic E-state index is 0.208. The van der Waals surface area contributed by atoms with Crippen LogP contribution in [0, 0.1) is 5.92 Å². The van der Waals surface area contributed by atoms with Gasteiger partial charge in [-0.2, -0.15) is 0 Å². The number of amides is 1. The Morgan fingerprint density at radius 3 is 2.52 bits per heavy atom. The van der Waals surface area contributed by atoms with Crippen LogP contribution in [-0.4, -0.2) is 50.1 Å². The summed E-state index contributed by atoms with van der Waals surface area (Å²) in [5.74, 6) is 0.862. The molecule has 0 radical (unpaired) electrons. The minimum Gasteiger partial charge on any atom is -0.355 e. The van der Waals surface area contributed by atoms with Crippen molar-refractivity contribution in [1.29, 1.82) is 0 Å². The topological polar surface area (TPSA) is 44.4 Å². The summed E-state index contributed by atoms with van der Waals surface area (Å²) in [6.07, 6.45) is 7.77. The quantitative estimate of drug-likeness (QED) is 0.687. The highest BCUT2D eigenvalue weighted by Gasteiger charge is 2.21. The second-order valence-corrected chi connectivity index (χ2v) is 6.60. The third-order valence-electron chi connectivity index (χ3n) is 4.90. The van der Waals surface area contributed by atoms with Crippen molar-refractivity contribution in [3.63, 3.8) is 0 Å². The van der Waals surface area contributed by atoms with E-state index >= 15 is 0 Å². The van der Waals surface area contributed by atoms with Crippen LogP contribution in [0.15, 0.2) is 0 Å². The summed E-state index contributed by atoms with van der Waals surface area (Å²) in [7, 11) is 4.22. The molecule has 21 heavy (non-hydrogen) atoms. The van der Waals surface area contributed by atoms with Gasteiger partial charge in [-0.25, -0.2) is 0 Å². The van der Waals surface area contributed by atoms with Crippen molar-refractivity contribution < 1.29 is 4.79 Å². The predicted molar refractivity (Wildman–Crippen MR) is 89.4 cm³/mol. The first-order chi connectivity index (χ1) is 10.1. The van der Waals surface area contributed by atoms with Crippen LogP contribution in [0.1, 0.15) is 58.8 Å². The van der Waals surface area contributed by atoms with Gasteiger partial charge < -0.3 is 15.5 Å². The molecule has 4 nitrogen and oxygen atoms in total. The Kier molecular flexibility index (Phi) is 8.93. The normalized spacial score (nSPS) is 20.8. The van der Waals surface area contributed by atoms with Crippen LogP contribution in [0.5, 0.6) is 0 Å². The Morgan fingerprint density at radius 1 is 1.29 bits per heavy atom. The van der Waals surface area contributed by atoms with Crippen LogP contribution >= 0.6 is 0 Å². The van der Waals surface area contributed by atoms with E-state index in [2.05, 4.69) is 43.5 Å². The van der Waals surface area contributed by atoms with E-state index in [9.17, 15) is 4.79 Å². The molecule has 0 aromatic heterocycles. The van der Waals surface area contributed by atoms with Crippen molar-refractivity contribution in [2.24, 2.45) is 5.92 Å². The maximum atomic E-state index is 12.1. The van der Waals surface area contributed by atoms with E-state index in [1.54, 1.807) is 0 Å². The van der Waals surface area contributed by atoms with Gasteiger partial charge in [0.15, 0.2) is 0 Å². The van der Waals surface area contributed by atoms with Crippen molar-refractivity contribution in [2.75, 3.05) is 27.2 Å². The van der Waals surface area contributed by atoms with Crippen molar-refractivity contribution in [2.45, 2.75) is 70.9 Å². The number of likely N-dealkylation sites (N-methyl/N-ethyl adjacent to an activating group) is 1. The number of nitrogens with one attached hydrogen (secondary N) is 2. The van der Waals surface area contributed by atoms with E-state index < -0.39 is 0 Å². The summed E-state index contributed by atoms with van der Waals surface area (Å²) in [6, 6.07) is 0.991. The molecule has 1 fully saturated rings. The van der Waals surface area contributed by atoms with Crippen molar-refractivity contribution >= 4 is 5.91 Å². The first-order valence-corrected chi connectivity index (χ1v) is 8.74. The van der Waals surface area contributed by atoms with Crippen LogP contribution in [0.3, 0.4) is 0 Å². The molecule has 2 atom stereocenters. The van der Waals surface area contributed by atoms with Gasteiger partial charge in [-0.15, -0.1) is 0 Å². The molecular formula is C17H35N3O. The highest BCUT2D eigenvalue weighted by atomic mass is 16.1. The molecule has 124 valence electrons. The Balaban J connectivity index is 2.28. The van der Waals surface area contributed by atoms with E-state index in [4.69, 9.17) is 0 Å². The number of hydrogen-bond acceptors (Lipinski definition) is 3. The van der Waals surface area contributed by atoms with Gasteiger partial charge in [0.2, 0.25) is 5.91 Å². The first kappa shape index (κ1) is 18.4. The number of carbonyl (C=O) groups is 1. The Bertz CT molecular complexity index is 284. The number of hydrogen-bond donors (Lipinski definition) is 2. The van der Waals surface area contributed by atoms with Gasteiger partial charge in [-0.1, -0.05) is 33.1 Å². The molecular weight excluding hydrogens is 262 g/mol.